The quantitative estimate of drug-likeness (QED) is 0.865. The molecule has 0 radical (unpaired) electrons. The van der Waals surface area contributed by atoms with Gasteiger partial charge in [0.25, 0.3) is 0 Å². The van der Waals surface area contributed by atoms with Crippen LogP contribution in [-0.4, -0.2) is 41.6 Å². The number of aromatic nitrogens is 2. The van der Waals surface area contributed by atoms with Crippen LogP contribution >= 0.6 is 0 Å². The Hall–Kier alpha value is -0.870. The van der Waals surface area contributed by atoms with Crippen molar-refractivity contribution in [2.75, 3.05) is 27.2 Å². The van der Waals surface area contributed by atoms with Gasteiger partial charge in [-0.15, -0.1) is 0 Å². The fourth-order valence-corrected chi connectivity index (χ4v) is 2.67. The van der Waals surface area contributed by atoms with Gasteiger partial charge in [0.2, 0.25) is 0 Å². The van der Waals surface area contributed by atoms with E-state index in [1.807, 2.05) is 12.5 Å². The first-order valence-corrected chi connectivity index (χ1v) is 6.58. The number of nitrogens with one attached hydrogen (secondary N) is 1. The van der Waals surface area contributed by atoms with Gasteiger partial charge in [-0.1, -0.05) is 6.42 Å². The van der Waals surface area contributed by atoms with Crippen LogP contribution < -0.4 is 5.32 Å². The van der Waals surface area contributed by atoms with Crippen LogP contribution in [0.15, 0.2) is 12.5 Å². The summed E-state index contributed by atoms with van der Waals surface area (Å²) in [5, 5.41) is 3.60. The zero-order chi connectivity index (χ0) is 12.3. The van der Waals surface area contributed by atoms with E-state index in [2.05, 4.69) is 40.8 Å². The Morgan fingerprint density at radius 2 is 2.35 bits per heavy atom. The number of rotatable bonds is 4. The monoisotopic (exact) mass is 236 g/mol. The molecule has 17 heavy (non-hydrogen) atoms. The summed E-state index contributed by atoms with van der Waals surface area (Å²) in [4.78, 5) is 6.56. The highest BCUT2D eigenvalue weighted by molar-refractivity contribution is 5.07. The van der Waals surface area contributed by atoms with Crippen LogP contribution in [0.4, 0.5) is 0 Å². The van der Waals surface area contributed by atoms with Crippen molar-refractivity contribution in [2.45, 2.75) is 38.3 Å². The summed E-state index contributed by atoms with van der Waals surface area (Å²) in [6.07, 6.45) is 7.86. The molecule has 2 heterocycles. The number of hydrogen-bond acceptors (Lipinski definition) is 3. The fourth-order valence-electron chi connectivity index (χ4n) is 2.67. The first-order chi connectivity index (χ1) is 8.18. The summed E-state index contributed by atoms with van der Waals surface area (Å²) in [5.74, 6) is 0. The van der Waals surface area contributed by atoms with Gasteiger partial charge >= 0.3 is 0 Å². The van der Waals surface area contributed by atoms with Crippen molar-refractivity contribution >= 4 is 0 Å². The molecule has 1 aliphatic rings. The van der Waals surface area contributed by atoms with Gasteiger partial charge in [-0.25, -0.2) is 4.98 Å². The molecule has 4 heteroatoms. The fraction of sp³-hybridized carbons (Fsp3) is 0.769. The van der Waals surface area contributed by atoms with Gasteiger partial charge in [-0.05, 0) is 40.4 Å². The Kier molecular flexibility index (Phi) is 4.18. The number of likely N-dealkylation sites (N-methyl/N-ethyl adjacent to an activating group) is 1. The highest BCUT2D eigenvalue weighted by Crippen LogP contribution is 2.24. The predicted molar refractivity (Wildman–Crippen MR) is 70.1 cm³/mol. The van der Waals surface area contributed by atoms with Crippen molar-refractivity contribution in [2.24, 2.45) is 0 Å². The lowest BCUT2D eigenvalue weighted by Gasteiger charge is -2.27. The molecule has 2 unspecified atom stereocenters. The zero-order valence-corrected chi connectivity index (χ0v) is 11.2. The van der Waals surface area contributed by atoms with Crippen LogP contribution in [-0.2, 0) is 0 Å². The van der Waals surface area contributed by atoms with Gasteiger partial charge in [0.1, 0.15) is 0 Å². The highest BCUT2D eigenvalue weighted by atomic mass is 15.2. The standard InChI is InChI=1S/C13H24N4/c1-11(9-16(2)3)17-10-14-8-13(17)12-6-4-5-7-15-12/h8,10-12,15H,4-7,9H2,1-3H3. The lowest BCUT2D eigenvalue weighted by atomic mass is 10.0. The van der Waals surface area contributed by atoms with E-state index in [0.717, 1.165) is 13.1 Å². The Morgan fingerprint density at radius 1 is 1.53 bits per heavy atom. The van der Waals surface area contributed by atoms with Gasteiger partial charge in [0, 0.05) is 24.8 Å². The van der Waals surface area contributed by atoms with E-state index >= 15 is 0 Å². The third-order valence-electron chi connectivity index (χ3n) is 3.47. The van der Waals surface area contributed by atoms with Crippen molar-refractivity contribution in [3.8, 4) is 0 Å². The van der Waals surface area contributed by atoms with E-state index < -0.39 is 0 Å². The molecule has 1 aromatic rings. The molecule has 0 bridgehead atoms. The maximum Gasteiger partial charge on any atom is 0.0951 e. The highest BCUT2D eigenvalue weighted by Gasteiger charge is 2.20. The minimum absolute atomic E-state index is 0.478. The Morgan fingerprint density at radius 3 is 3.00 bits per heavy atom. The maximum atomic E-state index is 4.33. The van der Waals surface area contributed by atoms with Gasteiger partial charge in [-0.2, -0.15) is 0 Å². The number of hydrogen-bond donors (Lipinski definition) is 1. The Labute approximate surface area is 104 Å². The van der Waals surface area contributed by atoms with E-state index in [1.165, 1.54) is 25.0 Å². The van der Waals surface area contributed by atoms with Crippen LogP contribution in [0, 0.1) is 0 Å². The molecule has 1 aromatic heterocycles. The van der Waals surface area contributed by atoms with Crippen LogP contribution in [0.3, 0.4) is 0 Å². The maximum absolute atomic E-state index is 4.33. The molecule has 0 amide bonds. The molecule has 0 saturated carbocycles. The third kappa shape index (κ3) is 3.07. The second-order valence-corrected chi connectivity index (χ2v) is 5.34. The minimum atomic E-state index is 0.478. The lowest BCUT2D eigenvalue weighted by Crippen LogP contribution is -2.30. The predicted octanol–water partition coefficient (Wildman–Crippen LogP) is 1.82. The summed E-state index contributed by atoms with van der Waals surface area (Å²) >= 11 is 0. The zero-order valence-electron chi connectivity index (χ0n) is 11.2. The average Bonchev–Trinajstić information content (AvgIpc) is 2.78. The molecule has 1 fully saturated rings. The summed E-state index contributed by atoms with van der Waals surface area (Å²) < 4.78 is 2.32. The van der Waals surface area contributed by atoms with Crippen molar-refractivity contribution in [3.63, 3.8) is 0 Å². The third-order valence-corrected chi connectivity index (χ3v) is 3.47. The molecule has 96 valence electrons. The molecular weight excluding hydrogens is 212 g/mol. The van der Waals surface area contributed by atoms with Gasteiger partial charge in [0.15, 0.2) is 0 Å². The molecule has 0 aliphatic carbocycles. The molecule has 1 N–H and O–H groups in total. The van der Waals surface area contributed by atoms with Crippen LogP contribution in [0.25, 0.3) is 0 Å². The van der Waals surface area contributed by atoms with Crippen molar-refractivity contribution in [3.05, 3.63) is 18.2 Å². The summed E-state index contributed by atoms with van der Waals surface area (Å²) in [6.45, 7) is 4.45. The first kappa shape index (κ1) is 12.6. The number of imidazole rings is 1. The van der Waals surface area contributed by atoms with Crippen LogP contribution in [0.5, 0.6) is 0 Å². The molecule has 2 rings (SSSR count). The largest absolute Gasteiger partial charge is 0.329 e. The van der Waals surface area contributed by atoms with Crippen LogP contribution in [0.2, 0.25) is 0 Å². The Balaban J connectivity index is 2.09. The molecule has 2 atom stereocenters. The molecule has 0 aromatic carbocycles. The van der Waals surface area contributed by atoms with Gasteiger partial charge in [-0.3, -0.25) is 0 Å². The van der Waals surface area contributed by atoms with Crippen molar-refractivity contribution in [1.29, 1.82) is 0 Å². The van der Waals surface area contributed by atoms with E-state index in [-0.39, 0.29) is 0 Å². The molecule has 1 aliphatic heterocycles. The van der Waals surface area contributed by atoms with E-state index in [4.69, 9.17) is 0 Å². The Bertz CT molecular complexity index is 339. The van der Waals surface area contributed by atoms with E-state index in [9.17, 15) is 0 Å². The van der Waals surface area contributed by atoms with Gasteiger partial charge in [0.05, 0.1) is 12.0 Å². The smallest absolute Gasteiger partial charge is 0.0951 e. The second-order valence-electron chi connectivity index (χ2n) is 5.34. The molecule has 1 saturated heterocycles. The molecule has 0 spiro atoms. The summed E-state index contributed by atoms with van der Waals surface area (Å²) in [6, 6.07) is 0.974. The summed E-state index contributed by atoms with van der Waals surface area (Å²) in [5.41, 5.74) is 1.35. The normalized spacial score (nSPS) is 22.9. The number of nitrogens with zero attached hydrogens (tertiary/aromatic N) is 3. The minimum Gasteiger partial charge on any atom is -0.329 e. The topological polar surface area (TPSA) is 33.1 Å². The SMILES string of the molecule is CC(CN(C)C)n1cncc1C1CCCCN1. The molecular formula is C13H24N4. The second kappa shape index (κ2) is 5.65. The van der Waals surface area contributed by atoms with Crippen molar-refractivity contribution in [1.82, 2.24) is 19.8 Å². The number of piperidine rings is 1. The van der Waals surface area contributed by atoms with Gasteiger partial charge < -0.3 is 14.8 Å². The van der Waals surface area contributed by atoms with E-state index in [1.54, 1.807) is 0 Å². The first-order valence-electron chi connectivity index (χ1n) is 6.58. The summed E-state index contributed by atoms with van der Waals surface area (Å²) in [7, 11) is 4.23. The lowest BCUT2D eigenvalue weighted by molar-refractivity contribution is 0.319. The van der Waals surface area contributed by atoms with Crippen LogP contribution in [0.1, 0.15) is 44.0 Å². The van der Waals surface area contributed by atoms with Crippen molar-refractivity contribution < 1.29 is 0 Å². The van der Waals surface area contributed by atoms with E-state index in [0.29, 0.717) is 12.1 Å². The average molecular weight is 236 g/mol. The molecule has 4 nitrogen and oxygen atoms in total.